The number of esters is 1. The van der Waals surface area contributed by atoms with E-state index in [-0.39, 0.29) is 27.9 Å². The van der Waals surface area contributed by atoms with Gasteiger partial charge in [0.05, 0.1) is 7.11 Å². The molecule has 1 aromatic heterocycles. The number of carbonyl (C=O) groups excluding carboxylic acids is 1. The van der Waals surface area contributed by atoms with E-state index in [9.17, 15) is 4.79 Å². The van der Waals surface area contributed by atoms with Gasteiger partial charge in [-0.2, -0.15) is 4.98 Å². The maximum absolute atomic E-state index is 11.4. The average molecular weight is 276 g/mol. The molecule has 0 aromatic carbocycles. The minimum absolute atomic E-state index is 0.0648. The maximum atomic E-state index is 11.4. The van der Waals surface area contributed by atoms with Crippen molar-refractivity contribution in [1.29, 1.82) is 0 Å². The molecule has 1 atom stereocenters. The van der Waals surface area contributed by atoms with Crippen LogP contribution >= 0.6 is 23.2 Å². The van der Waals surface area contributed by atoms with Crippen LogP contribution in [0.2, 0.25) is 10.3 Å². The van der Waals surface area contributed by atoms with E-state index in [1.165, 1.54) is 7.11 Å². The van der Waals surface area contributed by atoms with Gasteiger partial charge in [0, 0.05) is 6.04 Å². The molecule has 17 heavy (non-hydrogen) atoms. The lowest BCUT2D eigenvalue weighted by molar-refractivity contribution is 0.0594. The van der Waals surface area contributed by atoms with Crippen molar-refractivity contribution in [2.24, 2.45) is 0 Å². The highest BCUT2D eigenvalue weighted by molar-refractivity contribution is 6.36. The van der Waals surface area contributed by atoms with Crippen molar-refractivity contribution in [2.75, 3.05) is 12.4 Å². The van der Waals surface area contributed by atoms with Gasteiger partial charge in [-0.1, -0.05) is 17.7 Å². The third-order valence-electron chi connectivity index (χ3n) is 1.92. The Balaban J connectivity index is 3.18. The lowest BCUT2D eigenvalue weighted by atomic mass is 10.3. The molecule has 0 spiro atoms. The largest absolute Gasteiger partial charge is 0.464 e. The quantitative estimate of drug-likeness (QED) is 0.520. The van der Waals surface area contributed by atoms with Crippen molar-refractivity contribution in [2.45, 2.75) is 13.0 Å². The van der Waals surface area contributed by atoms with Crippen molar-refractivity contribution < 1.29 is 9.53 Å². The summed E-state index contributed by atoms with van der Waals surface area (Å²) in [6.45, 7) is 5.45. The minimum atomic E-state index is -0.673. The predicted molar refractivity (Wildman–Crippen MR) is 66.7 cm³/mol. The van der Waals surface area contributed by atoms with Gasteiger partial charge in [-0.15, -0.1) is 6.58 Å². The number of anilines is 1. The first-order chi connectivity index (χ1) is 7.99. The fraction of sp³-hybridized carbons (Fsp3) is 0.300. The second-order valence-electron chi connectivity index (χ2n) is 3.16. The second kappa shape index (κ2) is 5.84. The van der Waals surface area contributed by atoms with Crippen LogP contribution < -0.4 is 5.32 Å². The number of ether oxygens (including phenoxy) is 1. The number of aromatic nitrogens is 2. The van der Waals surface area contributed by atoms with Crippen molar-refractivity contribution in [1.82, 2.24) is 9.97 Å². The molecule has 1 unspecified atom stereocenters. The number of hydrogen-bond donors (Lipinski definition) is 1. The SMILES string of the molecule is C=CC(C)Nc1nc(Cl)nc(C(=O)OC)c1Cl. The Morgan fingerprint density at radius 1 is 1.53 bits per heavy atom. The van der Waals surface area contributed by atoms with E-state index < -0.39 is 5.97 Å². The number of nitrogens with zero attached hydrogens (tertiary/aromatic N) is 2. The number of methoxy groups -OCH3 is 1. The zero-order chi connectivity index (χ0) is 13.0. The van der Waals surface area contributed by atoms with Gasteiger partial charge in [0.2, 0.25) is 5.28 Å². The number of rotatable bonds is 4. The lowest BCUT2D eigenvalue weighted by Gasteiger charge is -2.12. The number of halogens is 2. The van der Waals surface area contributed by atoms with E-state index in [2.05, 4.69) is 26.6 Å². The predicted octanol–water partition coefficient (Wildman–Crippen LogP) is 2.56. The first-order valence-corrected chi connectivity index (χ1v) is 5.45. The molecule has 0 saturated heterocycles. The topological polar surface area (TPSA) is 64.1 Å². The van der Waals surface area contributed by atoms with Crippen molar-refractivity contribution in [3.05, 3.63) is 28.7 Å². The van der Waals surface area contributed by atoms with E-state index in [1.54, 1.807) is 6.08 Å². The summed E-state index contributed by atoms with van der Waals surface area (Å²) in [5.41, 5.74) is -0.0760. The van der Waals surface area contributed by atoms with Crippen molar-refractivity contribution in [3.63, 3.8) is 0 Å². The Morgan fingerprint density at radius 3 is 2.71 bits per heavy atom. The van der Waals surface area contributed by atoms with Crippen molar-refractivity contribution in [3.8, 4) is 0 Å². The molecule has 0 fully saturated rings. The molecule has 1 aromatic rings. The first-order valence-electron chi connectivity index (χ1n) is 4.70. The zero-order valence-electron chi connectivity index (χ0n) is 9.33. The molecule has 92 valence electrons. The molecule has 0 aliphatic heterocycles. The second-order valence-corrected chi connectivity index (χ2v) is 3.88. The summed E-state index contributed by atoms with van der Waals surface area (Å²) in [5, 5.41) is 2.90. The molecule has 1 rings (SSSR count). The van der Waals surface area contributed by atoms with Crippen LogP contribution in [-0.4, -0.2) is 29.1 Å². The molecule has 0 saturated carbocycles. The summed E-state index contributed by atoms with van der Waals surface area (Å²) in [4.78, 5) is 19.0. The molecular formula is C10H11Cl2N3O2. The van der Waals surface area contributed by atoms with Gasteiger partial charge >= 0.3 is 5.97 Å². The van der Waals surface area contributed by atoms with Gasteiger partial charge in [0.1, 0.15) is 5.02 Å². The van der Waals surface area contributed by atoms with E-state index >= 15 is 0 Å². The molecule has 1 N–H and O–H groups in total. The molecule has 0 aliphatic rings. The van der Waals surface area contributed by atoms with Crippen LogP contribution in [0.4, 0.5) is 5.82 Å². The number of hydrogen-bond acceptors (Lipinski definition) is 5. The van der Waals surface area contributed by atoms with Crippen LogP contribution in [-0.2, 0) is 4.74 Å². The van der Waals surface area contributed by atoms with Crippen LogP contribution in [0.15, 0.2) is 12.7 Å². The molecule has 7 heteroatoms. The van der Waals surface area contributed by atoms with Gasteiger partial charge in [-0.3, -0.25) is 0 Å². The maximum Gasteiger partial charge on any atom is 0.358 e. The first kappa shape index (κ1) is 13.7. The Bertz CT molecular complexity index is 451. The van der Waals surface area contributed by atoms with Crippen molar-refractivity contribution >= 4 is 35.0 Å². The molecule has 0 bridgehead atoms. The molecule has 0 radical (unpaired) electrons. The monoisotopic (exact) mass is 275 g/mol. The van der Waals surface area contributed by atoms with Gasteiger partial charge in [0.15, 0.2) is 11.5 Å². The average Bonchev–Trinajstić information content (AvgIpc) is 2.32. The Morgan fingerprint density at radius 2 is 2.18 bits per heavy atom. The fourth-order valence-corrected chi connectivity index (χ4v) is 1.41. The fourth-order valence-electron chi connectivity index (χ4n) is 1.02. The third kappa shape index (κ3) is 3.31. The summed E-state index contributed by atoms with van der Waals surface area (Å²) in [5.74, 6) is -0.409. The zero-order valence-corrected chi connectivity index (χ0v) is 10.8. The Hall–Kier alpha value is -1.33. The van der Waals surface area contributed by atoms with Crippen LogP contribution in [0.1, 0.15) is 17.4 Å². The highest BCUT2D eigenvalue weighted by Gasteiger charge is 2.19. The van der Waals surface area contributed by atoms with Gasteiger partial charge in [0.25, 0.3) is 0 Å². The standard InChI is InChI=1S/C10H11Cl2N3O2/c1-4-5(2)13-8-6(11)7(9(16)17-3)14-10(12)15-8/h4-5H,1H2,2-3H3,(H,13,14,15). The van der Waals surface area contributed by atoms with E-state index in [1.807, 2.05) is 6.92 Å². The highest BCUT2D eigenvalue weighted by atomic mass is 35.5. The highest BCUT2D eigenvalue weighted by Crippen LogP contribution is 2.25. The molecular weight excluding hydrogens is 265 g/mol. The lowest BCUT2D eigenvalue weighted by Crippen LogP contribution is -2.15. The summed E-state index contributed by atoms with van der Waals surface area (Å²) < 4.78 is 4.54. The van der Waals surface area contributed by atoms with Crippen LogP contribution in [0.3, 0.4) is 0 Å². The summed E-state index contributed by atoms with van der Waals surface area (Å²) >= 11 is 11.7. The number of nitrogens with one attached hydrogen (secondary N) is 1. The van der Waals surface area contributed by atoms with Crippen LogP contribution in [0.5, 0.6) is 0 Å². The van der Waals surface area contributed by atoms with Gasteiger partial charge in [-0.05, 0) is 18.5 Å². The van der Waals surface area contributed by atoms with Gasteiger partial charge < -0.3 is 10.1 Å². The molecule has 0 aliphatic carbocycles. The van der Waals surface area contributed by atoms with E-state index in [0.717, 1.165) is 0 Å². The van der Waals surface area contributed by atoms with Crippen LogP contribution in [0, 0.1) is 0 Å². The van der Waals surface area contributed by atoms with Crippen LogP contribution in [0.25, 0.3) is 0 Å². The van der Waals surface area contributed by atoms with E-state index in [4.69, 9.17) is 23.2 Å². The minimum Gasteiger partial charge on any atom is -0.464 e. The van der Waals surface area contributed by atoms with E-state index in [0.29, 0.717) is 0 Å². The van der Waals surface area contributed by atoms with Gasteiger partial charge in [-0.25, -0.2) is 9.78 Å². The summed E-state index contributed by atoms with van der Waals surface area (Å²) in [7, 11) is 1.23. The normalized spacial score (nSPS) is 11.8. The molecule has 5 nitrogen and oxygen atoms in total. The Kier molecular flexibility index (Phi) is 4.72. The smallest absolute Gasteiger partial charge is 0.358 e. The molecule has 0 amide bonds. The Labute approximate surface area is 109 Å². The summed E-state index contributed by atoms with van der Waals surface area (Å²) in [6.07, 6.45) is 1.66. The summed E-state index contributed by atoms with van der Waals surface area (Å²) in [6, 6.07) is -0.0797. The number of carbonyl (C=O) groups is 1. The third-order valence-corrected chi connectivity index (χ3v) is 2.45. The molecule has 1 heterocycles.